The molecule has 1 aliphatic rings. The normalized spacial score (nSPS) is 15.1. The Morgan fingerprint density at radius 1 is 0.941 bits per heavy atom. The lowest BCUT2D eigenvalue weighted by atomic mass is 9.98. The molecule has 4 aromatic rings. The number of ether oxygens (including phenoxy) is 1. The highest BCUT2D eigenvalue weighted by Gasteiger charge is 2.43. The summed E-state index contributed by atoms with van der Waals surface area (Å²) in [4.78, 5) is 29.0. The first-order valence-electron chi connectivity index (χ1n) is 11.8. The molecule has 1 amide bonds. The summed E-state index contributed by atoms with van der Waals surface area (Å²) < 4.78 is 12.0. The molecule has 5 heteroatoms. The third kappa shape index (κ3) is 3.87. The van der Waals surface area contributed by atoms with Crippen molar-refractivity contribution in [2.75, 3.05) is 11.5 Å². The molecular formula is C29H27NO4. The Balaban J connectivity index is 1.66. The van der Waals surface area contributed by atoms with Gasteiger partial charge in [0.25, 0.3) is 5.91 Å². The van der Waals surface area contributed by atoms with Gasteiger partial charge in [-0.15, -0.1) is 0 Å². The molecule has 0 saturated carbocycles. The maximum Gasteiger partial charge on any atom is 0.295 e. The van der Waals surface area contributed by atoms with E-state index in [1.807, 2.05) is 55.5 Å². The van der Waals surface area contributed by atoms with Crippen LogP contribution in [0.5, 0.6) is 5.75 Å². The van der Waals surface area contributed by atoms with Gasteiger partial charge in [0.05, 0.1) is 23.6 Å². The molecular weight excluding hydrogens is 426 g/mol. The van der Waals surface area contributed by atoms with Crippen LogP contribution in [0.15, 0.2) is 82.0 Å². The topological polar surface area (TPSA) is 59.8 Å². The highest BCUT2D eigenvalue weighted by atomic mass is 16.5. The zero-order valence-corrected chi connectivity index (χ0v) is 19.4. The summed E-state index contributed by atoms with van der Waals surface area (Å²) in [7, 11) is 0. The minimum atomic E-state index is -0.607. The van der Waals surface area contributed by atoms with E-state index < -0.39 is 6.04 Å². The first kappa shape index (κ1) is 22.0. The van der Waals surface area contributed by atoms with Gasteiger partial charge in [-0.05, 0) is 60.9 Å². The number of hydrogen-bond donors (Lipinski definition) is 0. The zero-order valence-electron chi connectivity index (χ0n) is 19.4. The molecule has 34 heavy (non-hydrogen) atoms. The van der Waals surface area contributed by atoms with Gasteiger partial charge in [-0.1, -0.05) is 56.2 Å². The molecule has 5 nitrogen and oxygen atoms in total. The fourth-order valence-electron chi connectivity index (χ4n) is 4.60. The van der Waals surface area contributed by atoms with E-state index in [1.54, 1.807) is 29.2 Å². The Morgan fingerprint density at radius 2 is 1.76 bits per heavy atom. The van der Waals surface area contributed by atoms with Crippen LogP contribution >= 0.6 is 0 Å². The van der Waals surface area contributed by atoms with Crippen molar-refractivity contribution < 1.29 is 13.9 Å². The number of para-hydroxylation sites is 1. The molecule has 172 valence electrons. The van der Waals surface area contributed by atoms with Gasteiger partial charge in [-0.3, -0.25) is 14.5 Å². The van der Waals surface area contributed by atoms with E-state index in [1.165, 1.54) is 0 Å². The summed E-state index contributed by atoms with van der Waals surface area (Å²) >= 11 is 0. The number of benzene rings is 3. The van der Waals surface area contributed by atoms with Crippen molar-refractivity contribution in [3.05, 3.63) is 105 Å². The molecule has 5 rings (SSSR count). The molecule has 1 aromatic heterocycles. The molecule has 0 bridgehead atoms. The Bertz CT molecular complexity index is 1420. The lowest BCUT2D eigenvalue weighted by Crippen LogP contribution is -2.29. The summed E-state index contributed by atoms with van der Waals surface area (Å²) in [5, 5.41) is 0.470. The lowest BCUT2D eigenvalue weighted by Gasteiger charge is -2.26. The predicted molar refractivity (Wildman–Crippen MR) is 134 cm³/mol. The van der Waals surface area contributed by atoms with Crippen LogP contribution in [-0.4, -0.2) is 12.5 Å². The quantitative estimate of drug-likeness (QED) is 0.303. The van der Waals surface area contributed by atoms with Crippen molar-refractivity contribution in [3.8, 4) is 5.75 Å². The SMILES string of the molecule is CCCCCOc1cccc(C2c3c(oc4ccccc4c3=O)C(=O)N2c2cccc(C)c2)c1. The van der Waals surface area contributed by atoms with Crippen LogP contribution < -0.4 is 15.1 Å². The van der Waals surface area contributed by atoms with Gasteiger partial charge in [0.2, 0.25) is 5.76 Å². The lowest BCUT2D eigenvalue weighted by molar-refractivity contribution is 0.0971. The van der Waals surface area contributed by atoms with Crippen LogP contribution in [0.4, 0.5) is 5.69 Å². The van der Waals surface area contributed by atoms with Crippen molar-refractivity contribution in [2.45, 2.75) is 39.2 Å². The highest BCUT2D eigenvalue weighted by Crippen LogP contribution is 2.42. The van der Waals surface area contributed by atoms with Crippen molar-refractivity contribution in [2.24, 2.45) is 0 Å². The largest absolute Gasteiger partial charge is 0.494 e. The molecule has 0 N–H and O–H groups in total. The van der Waals surface area contributed by atoms with Crippen LogP contribution in [0.1, 0.15) is 59.5 Å². The summed E-state index contributed by atoms with van der Waals surface area (Å²) in [5.41, 5.74) is 3.16. The Hall–Kier alpha value is -3.86. The molecule has 1 atom stereocenters. The zero-order chi connectivity index (χ0) is 23.7. The van der Waals surface area contributed by atoms with Crippen molar-refractivity contribution in [1.82, 2.24) is 0 Å². The van der Waals surface area contributed by atoms with Crippen LogP contribution in [0.3, 0.4) is 0 Å². The number of anilines is 1. The number of nitrogens with zero attached hydrogens (tertiary/aromatic N) is 1. The Morgan fingerprint density at radius 3 is 2.59 bits per heavy atom. The molecule has 0 spiro atoms. The molecule has 0 aliphatic carbocycles. The van der Waals surface area contributed by atoms with E-state index in [-0.39, 0.29) is 17.1 Å². The number of aryl methyl sites for hydroxylation is 1. The molecule has 2 heterocycles. The number of hydrogen-bond acceptors (Lipinski definition) is 4. The molecule has 1 aliphatic heterocycles. The van der Waals surface area contributed by atoms with E-state index in [2.05, 4.69) is 6.92 Å². The van der Waals surface area contributed by atoms with Gasteiger partial charge in [0.1, 0.15) is 11.3 Å². The summed E-state index contributed by atoms with van der Waals surface area (Å²) in [6.45, 7) is 4.77. The van der Waals surface area contributed by atoms with E-state index in [0.717, 1.165) is 41.8 Å². The maximum absolute atomic E-state index is 13.7. The van der Waals surface area contributed by atoms with Crippen LogP contribution in [0.2, 0.25) is 0 Å². The first-order valence-corrected chi connectivity index (χ1v) is 11.8. The van der Waals surface area contributed by atoms with Gasteiger partial charge in [0.15, 0.2) is 5.43 Å². The number of carbonyl (C=O) groups is 1. The smallest absolute Gasteiger partial charge is 0.295 e. The average molecular weight is 454 g/mol. The van der Waals surface area contributed by atoms with Gasteiger partial charge < -0.3 is 9.15 Å². The Labute approximate surface area is 198 Å². The van der Waals surface area contributed by atoms with Crippen LogP contribution in [-0.2, 0) is 0 Å². The second-order valence-electron chi connectivity index (χ2n) is 8.71. The second kappa shape index (κ2) is 9.18. The summed E-state index contributed by atoms with van der Waals surface area (Å²) in [6.07, 6.45) is 3.22. The van der Waals surface area contributed by atoms with E-state index in [4.69, 9.17) is 9.15 Å². The van der Waals surface area contributed by atoms with Gasteiger partial charge in [-0.2, -0.15) is 0 Å². The third-order valence-electron chi connectivity index (χ3n) is 6.25. The second-order valence-corrected chi connectivity index (χ2v) is 8.71. The molecule has 3 aromatic carbocycles. The van der Waals surface area contributed by atoms with Gasteiger partial charge in [-0.25, -0.2) is 0 Å². The van der Waals surface area contributed by atoms with Crippen molar-refractivity contribution >= 4 is 22.6 Å². The van der Waals surface area contributed by atoms with E-state index in [9.17, 15) is 9.59 Å². The monoisotopic (exact) mass is 453 g/mol. The number of fused-ring (bicyclic) bond motifs is 2. The third-order valence-corrected chi connectivity index (χ3v) is 6.25. The molecule has 1 unspecified atom stereocenters. The van der Waals surface area contributed by atoms with Gasteiger partial charge >= 0.3 is 0 Å². The van der Waals surface area contributed by atoms with Crippen LogP contribution in [0, 0.1) is 6.92 Å². The van der Waals surface area contributed by atoms with Crippen molar-refractivity contribution in [1.29, 1.82) is 0 Å². The molecule has 0 fully saturated rings. The summed E-state index contributed by atoms with van der Waals surface area (Å²) in [5.74, 6) is 0.510. The highest BCUT2D eigenvalue weighted by molar-refractivity contribution is 6.10. The van der Waals surface area contributed by atoms with Crippen molar-refractivity contribution in [3.63, 3.8) is 0 Å². The molecule has 0 saturated heterocycles. The summed E-state index contributed by atoms with van der Waals surface area (Å²) in [6, 6.07) is 21.9. The maximum atomic E-state index is 13.7. The average Bonchev–Trinajstić information content (AvgIpc) is 3.15. The number of amides is 1. The minimum Gasteiger partial charge on any atom is -0.494 e. The van der Waals surface area contributed by atoms with E-state index in [0.29, 0.717) is 23.1 Å². The van der Waals surface area contributed by atoms with Gasteiger partial charge in [0, 0.05) is 5.69 Å². The number of unbranched alkanes of at least 4 members (excludes halogenated alkanes) is 2. The molecule has 0 radical (unpaired) electrons. The standard InChI is InChI=1S/C29H27NO4/c1-3-4-7-16-33-22-13-9-11-20(18-22)26-25-27(31)23-14-5-6-15-24(23)34-28(25)29(32)30(26)21-12-8-10-19(2)17-21/h5-6,8-15,17-18,26H,3-4,7,16H2,1-2H3. The number of rotatable bonds is 7. The minimum absolute atomic E-state index is 0.101. The predicted octanol–water partition coefficient (Wildman–Crippen LogP) is 6.42. The van der Waals surface area contributed by atoms with E-state index >= 15 is 0 Å². The first-order chi connectivity index (χ1) is 16.6. The fourth-order valence-corrected chi connectivity index (χ4v) is 4.60. The van der Waals surface area contributed by atoms with Crippen LogP contribution in [0.25, 0.3) is 11.0 Å². The fraction of sp³-hybridized carbons (Fsp3) is 0.241. The number of carbonyl (C=O) groups excluding carboxylic acids is 1. The Kier molecular flexibility index (Phi) is 5.93.